The molecule has 0 bridgehead atoms. The molecule has 2 atom stereocenters. The van der Waals surface area contributed by atoms with Crippen molar-refractivity contribution in [3.63, 3.8) is 0 Å². The number of anilines is 1. The summed E-state index contributed by atoms with van der Waals surface area (Å²) < 4.78 is 62.2. The van der Waals surface area contributed by atoms with E-state index in [0.29, 0.717) is 51.2 Å². The molecular formula is C36H30F4N4O3. The number of fused-ring (bicyclic) bond motifs is 1. The smallest absolute Gasteiger partial charge is 0.253 e. The molecule has 240 valence electrons. The van der Waals surface area contributed by atoms with E-state index in [1.54, 1.807) is 48.7 Å². The molecule has 0 unspecified atom stereocenters. The summed E-state index contributed by atoms with van der Waals surface area (Å²) in [4.78, 5) is 31.4. The van der Waals surface area contributed by atoms with Crippen molar-refractivity contribution < 1.29 is 31.6 Å². The number of aromatic nitrogens is 1. The topological polar surface area (TPSA) is 101 Å². The second-order valence-corrected chi connectivity index (χ2v) is 12.2. The number of carbonyl (C=O) groups is 2. The molecule has 3 N–H and O–H groups in total. The minimum Gasteiger partial charge on any atom is -0.459 e. The van der Waals surface area contributed by atoms with E-state index < -0.39 is 17.6 Å². The van der Waals surface area contributed by atoms with Crippen molar-refractivity contribution >= 4 is 28.6 Å². The fourth-order valence-electron chi connectivity index (χ4n) is 6.19. The standard InChI is InChI=1S/C36H30F4N4O3/c37-25-6-7-27(31(38)16-25)29-15-23(20-1-3-21(4-2-20)35(46)44-11-9-36(39,40)10-12-44)13-24-14-26(47-33(24)29)19-43-34(45)30-17-28(30)22-5-8-32(41)42-18-22/h1-8,13-16,18,28,30H,9-12,17,19H2,(H2,41,42)(H,43,45)/t28-,30+/m1/s1. The van der Waals surface area contributed by atoms with Gasteiger partial charge in [0.05, 0.1) is 6.54 Å². The van der Waals surface area contributed by atoms with Gasteiger partial charge in [0.25, 0.3) is 11.8 Å². The van der Waals surface area contributed by atoms with Gasteiger partial charge in [-0.1, -0.05) is 18.2 Å². The van der Waals surface area contributed by atoms with Gasteiger partial charge in [-0.3, -0.25) is 9.59 Å². The Labute approximate surface area is 267 Å². The lowest BCUT2D eigenvalue weighted by molar-refractivity contribution is -0.122. The summed E-state index contributed by atoms with van der Waals surface area (Å²) in [5, 5.41) is 3.56. The van der Waals surface area contributed by atoms with Crippen LogP contribution >= 0.6 is 0 Å². The second kappa shape index (κ2) is 11.9. The number of halogens is 4. The molecule has 1 aliphatic heterocycles. The number of carbonyl (C=O) groups excluding carboxylic acids is 2. The molecule has 1 aliphatic carbocycles. The van der Waals surface area contributed by atoms with Crippen molar-refractivity contribution in [2.24, 2.45) is 5.92 Å². The van der Waals surface area contributed by atoms with Gasteiger partial charge in [0.15, 0.2) is 0 Å². The fourth-order valence-corrected chi connectivity index (χ4v) is 6.19. The minimum atomic E-state index is -2.75. The SMILES string of the molecule is Nc1ccc([C@H]2C[C@@H]2C(=O)NCc2cc3cc(-c4ccc(C(=O)N5CCC(F)(F)CC5)cc4)cc(-c4ccc(F)cc4F)c3o2)cn1. The van der Waals surface area contributed by atoms with E-state index in [2.05, 4.69) is 10.3 Å². The maximum Gasteiger partial charge on any atom is 0.253 e. The maximum atomic E-state index is 15.1. The molecule has 11 heteroatoms. The number of nitrogens with one attached hydrogen (secondary N) is 1. The Morgan fingerprint density at radius 3 is 2.40 bits per heavy atom. The molecule has 0 spiro atoms. The predicted molar refractivity (Wildman–Crippen MR) is 168 cm³/mol. The van der Waals surface area contributed by atoms with E-state index in [9.17, 15) is 22.8 Å². The quantitative estimate of drug-likeness (QED) is 0.181. The lowest BCUT2D eigenvalue weighted by Gasteiger charge is -2.31. The summed E-state index contributed by atoms with van der Waals surface area (Å²) in [5.41, 5.74) is 9.28. The number of likely N-dealkylation sites (tertiary alicyclic amines) is 1. The highest BCUT2D eigenvalue weighted by Crippen LogP contribution is 2.47. The van der Waals surface area contributed by atoms with Crippen molar-refractivity contribution in [3.05, 3.63) is 108 Å². The van der Waals surface area contributed by atoms with Crippen LogP contribution in [0.5, 0.6) is 0 Å². The van der Waals surface area contributed by atoms with Crippen molar-refractivity contribution in [1.82, 2.24) is 15.2 Å². The van der Waals surface area contributed by atoms with Crippen LogP contribution in [0.3, 0.4) is 0 Å². The molecule has 2 aliphatic rings. The van der Waals surface area contributed by atoms with Gasteiger partial charge in [-0.05, 0) is 77.6 Å². The molecule has 3 heterocycles. The Balaban J connectivity index is 1.14. The van der Waals surface area contributed by atoms with Crippen LogP contribution in [0.15, 0.2) is 83.4 Å². The van der Waals surface area contributed by atoms with Crippen LogP contribution in [0, 0.1) is 17.6 Å². The first-order valence-electron chi connectivity index (χ1n) is 15.3. The molecule has 2 fully saturated rings. The Kier molecular flexibility index (Phi) is 7.69. The third-order valence-electron chi connectivity index (χ3n) is 8.94. The number of nitrogens with two attached hydrogens (primary N) is 1. The van der Waals surface area contributed by atoms with Crippen molar-refractivity contribution in [2.45, 2.75) is 37.6 Å². The number of benzene rings is 3. The lowest BCUT2D eigenvalue weighted by atomic mass is 9.95. The Morgan fingerprint density at radius 1 is 0.936 bits per heavy atom. The van der Waals surface area contributed by atoms with E-state index in [1.807, 2.05) is 12.1 Å². The van der Waals surface area contributed by atoms with E-state index >= 15 is 4.39 Å². The number of hydrogen-bond acceptors (Lipinski definition) is 5. The van der Waals surface area contributed by atoms with Gasteiger partial charge in [-0.15, -0.1) is 0 Å². The van der Waals surface area contributed by atoms with Crippen LogP contribution in [0.25, 0.3) is 33.2 Å². The Bertz CT molecular complexity index is 1980. The zero-order valence-corrected chi connectivity index (χ0v) is 25.1. The van der Waals surface area contributed by atoms with Crippen LogP contribution in [0.4, 0.5) is 23.4 Å². The predicted octanol–water partition coefficient (Wildman–Crippen LogP) is 7.31. The van der Waals surface area contributed by atoms with Crippen molar-refractivity contribution in [2.75, 3.05) is 18.8 Å². The Hall–Kier alpha value is -5.19. The summed E-state index contributed by atoms with van der Waals surface area (Å²) in [6, 6.07) is 19.0. The third-order valence-corrected chi connectivity index (χ3v) is 8.94. The zero-order valence-electron chi connectivity index (χ0n) is 25.1. The number of piperidine rings is 1. The highest BCUT2D eigenvalue weighted by atomic mass is 19.3. The normalized spacial score (nSPS) is 18.7. The number of nitrogens with zero attached hydrogens (tertiary/aromatic N) is 2. The van der Waals surface area contributed by atoms with Gasteiger partial charge in [0.1, 0.15) is 28.8 Å². The number of pyridine rings is 1. The van der Waals surface area contributed by atoms with Gasteiger partial charge >= 0.3 is 0 Å². The number of rotatable bonds is 7. The van der Waals surface area contributed by atoms with Gasteiger partial charge in [-0.2, -0.15) is 0 Å². The zero-order chi connectivity index (χ0) is 32.9. The summed E-state index contributed by atoms with van der Waals surface area (Å²) in [6.07, 6.45) is 1.66. The first-order chi connectivity index (χ1) is 22.5. The van der Waals surface area contributed by atoms with Crippen molar-refractivity contribution in [3.8, 4) is 22.3 Å². The van der Waals surface area contributed by atoms with Crippen LogP contribution < -0.4 is 11.1 Å². The van der Waals surface area contributed by atoms with Crippen LogP contribution in [0.2, 0.25) is 0 Å². The highest BCUT2D eigenvalue weighted by Gasteiger charge is 2.44. The average Bonchev–Trinajstić information content (AvgIpc) is 3.75. The van der Waals surface area contributed by atoms with E-state index in [1.165, 1.54) is 17.0 Å². The van der Waals surface area contributed by atoms with E-state index in [-0.39, 0.29) is 61.7 Å². The molecule has 7 nitrogen and oxygen atoms in total. The lowest BCUT2D eigenvalue weighted by Crippen LogP contribution is -2.42. The number of alkyl halides is 2. The average molecular weight is 643 g/mol. The molecule has 5 aromatic rings. The fraction of sp³-hybridized carbons (Fsp3) is 0.250. The van der Waals surface area contributed by atoms with E-state index in [0.717, 1.165) is 11.6 Å². The number of nitrogen functional groups attached to an aromatic ring is 1. The van der Waals surface area contributed by atoms with Gasteiger partial charge < -0.3 is 20.4 Å². The Morgan fingerprint density at radius 2 is 1.70 bits per heavy atom. The van der Waals surface area contributed by atoms with Crippen molar-refractivity contribution in [1.29, 1.82) is 0 Å². The number of hydrogen-bond donors (Lipinski definition) is 2. The monoisotopic (exact) mass is 642 g/mol. The van der Waals surface area contributed by atoms with Crippen LogP contribution in [0.1, 0.15) is 46.9 Å². The van der Waals surface area contributed by atoms with E-state index in [4.69, 9.17) is 10.2 Å². The summed E-state index contributed by atoms with van der Waals surface area (Å²) in [5.74, 6) is -3.92. The first-order valence-corrected chi connectivity index (χ1v) is 15.3. The molecule has 3 aromatic carbocycles. The molecule has 7 rings (SSSR count). The molecule has 1 saturated carbocycles. The first kappa shape index (κ1) is 30.5. The third kappa shape index (κ3) is 6.30. The molecule has 47 heavy (non-hydrogen) atoms. The van der Waals surface area contributed by atoms with Gasteiger partial charge in [0.2, 0.25) is 5.91 Å². The summed E-state index contributed by atoms with van der Waals surface area (Å²) in [6.45, 7) is 0.0828. The molecule has 2 aromatic heterocycles. The second-order valence-electron chi connectivity index (χ2n) is 12.2. The van der Waals surface area contributed by atoms with Gasteiger partial charge in [-0.25, -0.2) is 22.5 Å². The molecule has 1 saturated heterocycles. The molecule has 0 radical (unpaired) electrons. The van der Waals surface area contributed by atoms with Gasteiger partial charge in [0, 0.05) is 66.2 Å². The van der Waals surface area contributed by atoms with Crippen LogP contribution in [-0.2, 0) is 11.3 Å². The number of furan rings is 1. The minimum absolute atomic E-state index is 0.0125. The molecular weight excluding hydrogens is 612 g/mol. The van der Waals surface area contributed by atoms with Crippen LogP contribution in [-0.4, -0.2) is 40.7 Å². The molecule has 2 amide bonds. The summed E-state index contributed by atoms with van der Waals surface area (Å²) >= 11 is 0. The largest absolute Gasteiger partial charge is 0.459 e. The maximum absolute atomic E-state index is 15.1. The highest BCUT2D eigenvalue weighted by molar-refractivity contribution is 5.98. The number of amides is 2. The summed E-state index contributed by atoms with van der Waals surface area (Å²) in [7, 11) is 0.